The summed E-state index contributed by atoms with van der Waals surface area (Å²) in [4.78, 5) is 15.4. The van der Waals surface area contributed by atoms with Crippen LogP contribution in [0.15, 0.2) is 91.0 Å². The van der Waals surface area contributed by atoms with E-state index < -0.39 is 36.9 Å². The lowest BCUT2D eigenvalue weighted by Gasteiger charge is -2.47. The molecule has 0 radical (unpaired) electrons. The van der Waals surface area contributed by atoms with E-state index in [1.807, 2.05) is 91.0 Å². The smallest absolute Gasteiger partial charge is 0.257 e. The Morgan fingerprint density at radius 3 is 2.21 bits per heavy atom. The van der Waals surface area contributed by atoms with Crippen LogP contribution in [-0.2, 0) is 39.8 Å². The Morgan fingerprint density at radius 1 is 0.789 bits per heavy atom. The molecule has 0 aliphatic carbocycles. The molecule has 0 saturated carbocycles. The number of carbonyl (C=O) groups is 1. The Bertz CT molecular complexity index is 1240. The highest BCUT2D eigenvalue weighted by Crippen LogP contribution is 2.44. The molecule has 8 nitrogen and oxygen atoms in total. The first-order valence-corrected chi connectivity index (χ1v) is 13.0. The van der Waals surface area contributed by atoms with Crippen molar-refractivity contribution in [3.8, 4) is 0 Å². The minimum absolute atomic E-state index is 0.119. The zero-order valence-electron chi connectivity index (χ0n) is 20.7. The predicted molar refractivity (Wildman–Crippen MR) is 134 cm³/mol. The standard InChI is InChI=1S/C30H29NO7/c32-28(27-24(37-27)20-12-6-2-7-13-20)31-18-35-26-23(31)30(33-16-19-10-4-1-5-11-19)36-22-17-34-29(38-25(22)26)21-14-8-3-9-15-21/h1-15,22-27,29-30H,16-18H2/t22-,23-,24-,25-,26+,27+,29-,30-/m1/s1. The summed E-state index contributed by atoms with van der Waals surface area (Å²) in [6.07, 6.45) is -3.29. The van der Waals surface area contributed by atoms with Gasteiger partial charge in [-0.25, -0.2) is 0 Å². The molecule has 0 N–H and O–H groups in total. The number of hydrogen-bond acceptors (Lipinski definition) is 7. The Kier molecular flexibility index (Phi) is 6.45. The van der Waals surface area contributed by atoms with Gasteiger partial charge in [0.15, 0.2) is 18.7 Å². The number of carbonyl (C=O) groups excluding carboxylic acids is 1. The van der Waals surface area contributed by atoms with Gasteiger partial charge in [-0.2, -0.15) is 0 Å². The van der Waals surface area contributed by atoms with Gasteiger partial charge in [-0.05, 0) is 11.1 Å². The quantitative estimate of drug-likeness (QED) is 0.463. The van der Waals surface area contributed by atoms with Crippen molar-refractivity contribution in [1.29, 1.82) is 0 Å². The summed E-state index contributed by atoms with van der Waals surface area (Å²) >= 11 is 0. The van der Waals surface area contributed by atoms with E-state index >= 15 is 0 Å². The number of ether oxygens (including phenoxy) is 6. The molecule has 3 aromatic carbocycles. The fraction of sp³-hybridized carbons (Fsp3) is 0.367. The van der Waals surface area contributed by atoms with Gasteiger partial charge in [0.05, 0.1) is 13.2 Å². The van der Waals surface area contributed by atoms with Crippen LogP contribution < -0.4 is 0 Å². The number of nitrogens with zero attached hydrogens (tertiary/aromatic N) is 1. The molecule has 38 heavy (non-hydrogen) atoms. The third-order valence-electron chi connectivity index (χ3n) is 7.55. The van der Waals surface area contributed by atoms with Gasteiger partial charge in [0.1, 0.15) is 37.2 Å². The third-order valence-corrected chi connectivity index (χ3v) is 7.55. The zero-order valence-corrected chi connectivity index (χ0v) is 20.7. The number of benzene rings is 3. The Hall–Kier alpha value is -3.11. The maximum atomic E-state index is 13.7. The van der Waals surface area contributed by atoms with Gasteiger partial charge >= 0.3 is 0 Å². The minimum Gasteiger partial charge on any atom is -0.354 e. The first kappa shape index (κ1) is 24.0. The van der Waals surface area contributed by atoms with Gasteiger partial charge in [0.25, 0.3) is 5.91 Å². The maximum absolute atomic E-state index is 13.7. The molecule has 1 amide bonds. The molecule has 0 aromatic heterocycles. The van der Waals surface area contributed by atoms with Crippen LogP contribution >= 0.6 is 0 Å². The van der Waals surface area contributed by atoms with Crippen LogP contribution in [0, 0.1) is 0 Å². The monoisotopic (exact) mass is 515 g/mol. The van der Waals surface area contributed by atoms with Crippen LogP contribution in [0.1, 0.15) is 29.1 Å². The van der Waals surface area contributed by atoms with Crippen molar-refractivity contribution in [2.24, 2.45) is 0 Å². The molecule has 8 atom stereocenters. The third kappa shape index (κ3) is 4.53. The van der Waals surface area contributed by atoms with Crippen molar-refractivity contribution in [1.82, 2.24) is 4.90 Å². The van der Waals surface area contributed by atoms with E-state index in [4.69, 9.17) is 28.4 Å². The molecule has 0 unspecified atom stereocenters. The van der Waals surface area contributed by atoms with E-state index in [9.17, 15) is 4.79 Å². The molecular formula is C30H29NO7. The summed E-state index contributed by atoms with van der Waals surface area (Å²) in [5.41, 5.74) is 2.92. The van der Waals surface area contributed by atoms with Crippen molar-refractivity contribution >= 4 is 5.91 Å². The topological polar surface area (TPSA) is 79.0 Å². The second-order valence-electron chi connectivity index (χ2n) is 9.96. The van der Waals surface area contributed by atoms with Crippen LogP contribution in [0.2, 0.25) is 0 Å². The lowest BCUT2D eigenvalue weighted by Crippen LogP contribution is -2.64. The molecule has 3 aromatic rings. The summed E-state index contributed by atoms with van der Waals surface area (Å²) in [6.45, 7) is 0.792. The Morgan fingerprint density at radius 2 is 1.47 bits per heavy atom. The highest BCUT2D eigenvalue weighted by atomic mass is 16.8. The van der Waals surface area contributed by atoms with Crippen LogP contribution in [0.5, 0.6) is 0 Å². The second-order valence-corrected chi connectivity index (χ2v) is 9.96. The van der Waals surface area contributed by atoms with Gasteiger partial charge in [-0.1, -0.05) is 91.0 Å². The second kappa shape index (κ2) is 10.2. The molecule has 4 fully saturated rings. The molecule has 4 heterocycles. The normalized spacial score (nSPS) is 33.8. The molecular weight excluding hydrogens is 486 g/mol. The SMILES string of the molecule is O=C([C@H]1O[C@@H]1c1ccccc1)N1CO[C@@H]2[C@@H]3O[C@H](c4ccccc4)OC[C@H]3O[C@@H](OCc3ccccc3)[C@@H]21. The average molecular weight is 516 g/mol. The fourth-order valence-corrected chi connectivity index (χ4v) is 5.57. The van der Waals surface area contributed by atoms with E-state index in [0.29, 0.717) is 13.2 Å². The first-order valence-electron chi connectivity index (χ1n) is 13.0. The number of hydrogen-bond donors (Lipinski definition) is 0. The fourth-order valence-electron chi connectivity index (χ4n) is 5.57. The van der Waals surface area contributed by atoms with Crippen molar-refractivity contribution in [3.05, 3.63) is 108 Å². The van der Waals surface area contributed by atoms with Crippen molar-refractivity contribution < 1.29 is 33.2 Å². The molecule has 8 heteroatoms. The van der Waals surface area contributed by atoms with E-state index in [-0.39, 0.29) is 24.8 Å². The first-order chi connectivity index (χ1) is 18.8. The summed E-state index contributed by atoms with van der Waals surface area (Å²) < 4.78 is 37.2. The molecule has 4 saturated heterocycles. The largest absolute Gasteiger partial charge is 0.354 e. The predicted octanol–water partition coefficient (Wildman–Crippen LogP) is 3.74. The van der Waals surface area contributed by atoms with E-state index in [2.05, 4.69) is 0 Å². The lowest BCUT2D eigenvalue weighted by atomic mass is 9.95. The van der Waals surface area contributed by atoms with Crippen molar-refractivity contribution in [3.63, 3.8) is 0 Å². The number of fused-ring (bicyclic) bond motifs is 3. The van der Waals surface area contributed by atoms with Crippen LogP contribution in [0.25, 0.3) is 0 Å². The molecule has 4 aliphatic rings. The highest BCUT2D eigenvalue weighted by molar-refractivity contribution is 5.84. The number of epoxide rings is 1. The van der Waals surface area contributed by atoms with Gasteiger partial charge in [0.2, 0.25) is 0 Å². The van der Waals surface area contributed by atoms with E-state index in [1.165, 1.54) is 0 Å². The molecule has 7 rings (SSSR count). The zero-order chi connectivity index (χ0) is 25.5. The highest BCUT2D eigenvalue weighted by Gasteiger charge is 2.59. The summed E-state index contributed by atoms with van der Waals surface area (Å²) in [7, 11) is 0. The van der Waals surface area contributed by atoms with E-state index in [1.54, 1.807) is 4.90 Å². The van der Waals surface area contributed by atoms with Gasteiger partial charge in [-0.15, -0.1) is 0 Å². The van der Waals surface area contributed by atoms with Crippen LogP contribution in [-0.4, -0.2) is 60.9 Å². The number of rotatable bonds is 6. The minimum atomic E-state index is -0.706. The molecule has 4 aliphatic heterocycles. The van der Waals surface area contributed by atoms with Gasteiger partial charge < -0.3 is 33.3 Å². The van der Waals surface area contributed by atoms with Gasteiger partial charge in [0, 0.05) is 5.56 Å². The molecule has 0 bridgehead atoms. The van der Waals surface area contributed by atoms with Crippen LogP contribution in [0.4, 0.5) is 0 Å². The summed E-state index contributed by atoms with van der Waals surface area (Å²) in [6, 6.07) is 29.0. The van der Waals surface area contributed by atoms with Crippen molar-refractivity contribution in [2.45, 2.75) is 55.7 Å². The lowest BCUT2D eigenvalue weighted by molar-refractivity contribution is -0.342. The van der Waals surface area contributed by atoms with Gasteiger partial charge in [-0.3, -0.25) is 4.79 Å². The number of amides is 1. The van der Waals surface area contributed by atoms with Crippen molar-refractivity contribution in [2.75, 3.05) is 13.3 Å². The molecule has 196 valence electrons. The average Bonchev–Trinajstić information content (AvgIpc) is 3.67. The summed E-state index contributed by atoms with van der Waals surface area (Å²) in [5, 5.41) is 0. The van der Waals surface area contributed by atoms with E-state index in [0.717, 1.165) is 16.7 Å². The maximum Gasteiger partial charge on any atom is 0.257 e. The van der Waals surface area contributed by atoms with Crippen LogP contribution in [0.3, 0.4) is 0 Å². The summed E-state index contributed by atoms with van der Waals surface area (Å²) in [5.74, 6) is -0.131. The molecule has 0 spiro atoms. The Balaban J connectivity index is 1.12. The Labute approximate surface area is 221 Å².